The van der Waals surface area contributed by atoms with Gasteiger partial charge >= 0.3 is 11.9 Å². The van der Waals surface area contributed by atoms with Crippen LogP contribution in [0.1, 0.15) is 39.5 Å². The maximum Gasteiger partial charge on any atom is 0.330 e. The van der Waals surface area contributed by atoms with Gasteiger partial charge in [0.1, 0.15) is 12.1 Å². The SMILES string of the molecule is CCNC(=O)CC[C@H](N)C(=O)OC(=O)[C@@H](N)CCC(=O)NCC. The van der Waals surface area contributed by atoms with Crippen LogP contribution in [-0.2, 0) is 23.9 Å². The third-order valence-corrected chi connectivity index (χ3v) is 2.92. The van der Waals surface area contributed by atoms with Gasteiger partial charge in [0, 0.05) is 25.9 Å². The van der Waals surface area contributed by atoms with E-state index in [4.69, 9.17) is 11.5 Å². The molecule has 2 atom stereocenters. The molecular formula is C14H26N4O5. The van der Waals surface area contributed by atoms with Crippen LogP contribution in [0.3, 0.4) is 0 Å². The van der Waals surface area contributed by atoms with Gasteiger partial charge in [0.05, 0.1) is 0 Å². The van der Waals surface area contributed by atoms with Gasteiger partial charge in [-0.05, 0) is 26.7 Å². The van der Waals surface area contributed by atoms with Crippen LogP contribution in [0.15, 0.2) is 0 Å². The van der Waals surface area contributed by atoms with Crippen molar-refractivity contribution in [2.24, 2.45) is 11.5 Å². The average molecular weight is 330 g/mol. The minimum atomic E-state index is -1.09. The Morgan fingerprint density at radius 1 is 0.826 bits per heavy atom. The highest BCUT2D eigenvalue weighted by Crippen LogP contribution is 2.02. The number of amides is 2. The Bertz CT molecular complexity index is 389. The quantitative estimate of drug-likeness (QED) is 0.282. The number of nitrogens with one attached hydrogen (secondary N) is 2. The van der Waals surface area contributed by atoms with Crippen LogP contribution in [0, 0.1) is 0 Å². The summed E-state index contributed by atoms with van der Waals surface area (Å²) in [7, 11) is 0. The molecule has 132 valence electrons. The highest BCUT2D eigenvalue weighted by Gasteiger charge is 2.24. The van der Waals surface area contributed by atoms with E-state index >= 15 is 0 Å². The Morgan fingerprint density at radius 3 is 1.48 bits per heavy atom. The van der Waals surface area contributed by atoms with Gasteiger partial charge in [-0.25, -0.2) is 9.59 Å². The van der Waals surface area contributed by atoms with Crippen molar-refractivity contribution in [1.82, 2.24) is 10.6 Å². The topological polar surface area (TPSA) is 154 Å². The molecule has 9 nitrogen and oxygen atoms in total. The number of carbonyl (C=O) groups is 4. The Balaban J connectivity index is 4.14. The third-order valence-electron chi connectivity index (χ3n) is 2.92. The number of rotatable bonds is 10. The Kier molecular flexibility index (Phi) is 10.5. The third kappa shape index (κ3) is 9.59. The van der Waals surface area contributed by atoms with Crippen molar-refractivity contribution in [1.29, 1.82) is 0 Å². The van der Waals surface area contributed by atoms with Crippen molar-refractivity contribution < 1.29 is 23.9 Å². The van der Waals surface area contributed by atoms with Crippen molar-refractivity contribution in [2.75, 3.05) is 13.1 Å². The van der Waals surface area contributed by atoms with Crippen LogP contribution in [0.4, 0.5) is 0 Å². The van der Waals surface area contributed by atoms with E-state index in [-0.39, 0.29) is 37.5 Å². The lowest BCUT2D eigenvalue weighted by Gasteiger charge is -2.13. The van der Waals surface area contributed by atoms with Gasteiger partial charge in [-0.15, -0.1) is 0 Å². The van der Waals surface area contributed by atoms with Crippen molar-refractivity contribution in [3.63, 3.8) is 0 Å². The van der Waals surface area contributed by atoms with E-state index in [1.807, 2.05) is 0 Å². The molecule has 2 amide bonds. The second-order valence-electron chi connectivity index (χ2n) is 4.94. The summed E-state index contributed by atoms with van der Waals surface area (Å²) in [6.07, 6.45) is 0.237. The zero-order valence-electron chi connectivity index (χ0n) is 13.6. The molecule has 0 spiro atoms. The van der Waals surface area contributed by atoms with Crippen LogP contribution in [0.25, 0.3) is 0 Å². The number of nitrogens with two attached hydrogens (primary N) is 2. The molecule has 0 heterocycles. The molecular weight excluding hydrogens is 304 g/mol. The maximum atomic E-state index is 11.6. The zero-order valence-corrected chi connectivity index (χ0v) is 13.6. The molecule has 0 rings (SSSR count). The Hall–Kier alpha value is -2.00. The van der Waals surface area contributed by atoms with Crippen LogP contribution in [-0.4, -0.2) is 48.9 Å². The van der Waals surface area contributed by atoms with E-state index in [1.54, 1.807) is 13.8 Å². The second-order valence-corrected chi connectivity index (χ2v) is 4.94. The molecule has 0 unspecified atom stereocenters. The van der Waals surface area contributed by atoms with E-state index in [9.17, 15) is 19.2 Å². The summed E-state index contributed by atoms with van der Waals surface area (Å²) < 4.78 is 4.57. The smallest absolute Gasteiger partial charge is 0.330 e. The van der Waals surface area contributed by atoms with Crippen molar-refractivity contribution in [3.05, 3.63) is 0 Å². The first-order chi connectivity index (χ1) is 10.8. The van der Waals surface area contributed by atoms with E-state index in [0.29, 0.717) is 13.1 Å². The number of carbonyl (C=O) groups excluding carboxylic acids is 4. The second kappa shape index (κ2) is 11.6. The minimum absolute atomic E-state index is 0.0571. The van der Waals surface area contributed by atoms with Gasteiger partial charge in [0.2, 0.25) is 11.8 Å². The number of hydrogen-bond donors (Lipinski definition) is 4. The molecule has 9 heteroatoms. The molecule has 0 aliphatic rings. The van der Waals surface area contributed by atoms with Gasteiger partial charge in [-0.2, -0.15) is 0 Å². The summed E-state index contributed by atoms with van der Waals surface area (Å²) in [5.74, 6) is -2.35. The minimum Gasteiger partial charge on any atom is -0.391 e. The summed E-state index contributed by atoms with van der Waals surface area (Å²) in [5.41, 5.74) is 11.1. The molecule has 0 saturated carbocycles. The molecule has 0 fully saturated rings. The van der Waals surface area contributed by atoms with E-state index in [0.717, 1.165) is 0 Å². The first kappa shape index (κ1) is 21.0. The lowest BCUT2D eigenvalue weighted by Crippen LogP contribution is -2.40. The lowest BCUT2D eigenvalue weighted by atomic mass is 10.1. The predicted molar refractivity (Wildman–Crippen MR) is 82.9 cm³/mol. The first-order valence-electron chi connectivity index (χ1n) is 7.61. The molecule has 23 heavy (non-hydrogen) atoms. The molecule has 0 radical (unpaired) electrons. The van der Waals surface area contributed by atoms with Gasteiger partial charge in [-0.1, -0.05) is 0 Å². The van der Waals surface area contributed by atoms with Crippen LogP contribution in [0.5, 0.6) is 0 Å². The summed E-state index contributed by atoms with van der Waals surface area (Å²) in [4.78, 5) is 45.8. The van der Waals surface area contributed by atoms with E-state index in [2.05, 4.69) is 15.4 Å². The molecule has 0 aromatic heterocycles. The van der Waals surface area contributed by atoms with Gasteiger partial charge < -0.3 is 26.8 Å². The summed E-state index contributed by atoms with van der Waals surface area (Å²) in [6, 6.07) is -2.17. The Morgan fingerprint density at radius 2 is 1.17 bits per heavy atom. The normalized spacial score (nSPS) is 12.9. The fourth-order valence-corrected chi connectivity index (χ4v) is 1.63. The predicted octanol–water partition coefficient (Wildman–Crippen LogP) is -1.46. The first-order valence-corrected chi connectivity index (χ1v) is 7.61. The van der Waals surface area contributed by atoms with Gasteiger partial charge in [0.25, 0.3) is 0 Å². The van der Waals surface area contributed by atoms with Crippen LogP contribution in [0.2, 0.25) is 0 Å². The monoisotopic (exact) mass is 330 g/mol. The number of esters is 2. The lowest BCUT2D eigenvalue weighted by molar-refractivity contribution is -0.161. The molecule has 0 aliphatic heterocycles. The van der Waals surface area contributed by atoms with E-state index < -0.39 is 24.0 Å². The molecule has 0 aliphatic carbocycles. The van der Waals surface area contributed by atoms with Crippen LogP contribution >= 0.6 is 0 Å². The molecule has 0 aromatic rings. The maximum absolute atomic E-state index is 11.6. The highest BCUT2D eigenvalue weighted by molar-refractivity contribution is 5.91. The van der Waals surface area contributed by atoms with Crippen LogP contribution < -0.4 is 22.1 Å². The fourth-order valence-electron chi connectivity index (χ4n) is 1.63. The molecule has 0 bridgehead atoms. The number of ether oxygens (including phenoxy) is 1. The summed E-state index contributed by atoms with van der Waals surface area (Å²) >= 11 is 0. The summed E-state index contributed by atoms with van der Waals surface area (Å²) in [6.45, 7) is 4.51. The standard InChI is InChI=1S/C14H26N4O5/c1-3-17-11(19)7-5-9(15)13(21)23-14(22)10(16)6-8-12(20)18-4-2/h9-10H,3-8,15-16H2,1-2H3,(H,17,19)(H,18,20)/t9-,10-/m0/s1. The Labute approximate surface area is 135 Å². The van der Waals surface area contributed by atoms with Gasteiger partial charge in [0.15, 0.2) is 0 Å². The van der Waals surface area contributed by atoms with Gasteiger partial charge in [-0.3, -0.25) is 9.59 Å². The zero-order chi connectivity index (χ0) is 17.8. The van der Waals surface area contributed by atoms with E-state index in [1.165, 1.54) is 0 Å². The summed E-state index contributed by atoms with van der Waals surface area (Å²) in [5, 5.41) is 5.13. The molecule has 6 N–H and O–H groups in total. The largest absolute Gasteiger partial charge is 0.391 e. The van der Waals surface area contributed by atoms with Crippen molar-refractivity contribution in [2.45, 2.75) is 51.6 Å². The number of hydrogen-bond acceptors (Lipinski definition) is 7. The fraction of sp³-hybridized carbons (Fsp3) is 0.714. The molecule has 0 saturated heterocycles. The molecule has 0 aromatic carbocycles. The van der Waals surface area contributed by atoms with Crippen molar-refractivity contribution >= 4 is 23.8 Å². The average Bonchev–Trinajstić information content (AvgIpc) is 2.50. The highest BCUT2D eigenvalue weighted by atomic mass is 16.6. The van der Waals surface area contributed by atoms with Crippen molar-refractivity contribution in [3.8, 4) is 0 Å².